The van der Waals surface area contributed by atoms with Gasteiger partial charge in [-0.1, -0.05) is 0 Å². The summed E-state index contributed by atoms with van der Waals surface area (Å²) in [6, 6.07) is 3.39. The summed E-state index contributed by atoms with van der Waals surface area (Å²) in [4.78, 5) is 16.6. The molecule has 156 valence electrons. The summed E-state index contributed by atoms with van der Waals surface area (Å²) in [6.45, 7) is -0.351. The van der Waals surface area contributed by atoms with Crippen LogP contribution in [0.3, 0.4) is 0 Å². The van der Waals surface area contributed by atoms with E-state index in [0.29, 0.717) is 22.7 Å². The van der Waals surface area contributed by atoms with Gasteiger partial charge in [-0.25, -0.2) is 9.50 Å². The fraction of sp³-hybridized carbons (Fsp3) is 0.650. The van der Waals surface area contributed by atoms with E-state index in [0.717, 1.165) is 18.5 Å². The van der Waals surface area contributed by atoms with Gasteiger partial charge in [0.05, 0.1) is 29.5 Å². The third kappa shape index (κ3) is 3.49. The molecule has 1 aliphatic heterocycles. The number of hydrogen-bond donors (Lipinski definition) is 2. The molecule has 3 N–H and O–H groups in total. The number of amides is 1. The number of imidazole rings is 1. The Labute approximate surface area is 166 Å². The summed E-state index contributed by atoms with van der Waals surface area (Å²) in [5, 5.41) is 6.86. The van der Waals surface area contributed by atoms with Crippen LogP contribution in [0.5, 0.6) is 0 Å². The Bertz CT molecular complexity index is 943. The van der Waals surface area contributed by atoms with Crippen molar-refractivity contribution in [1.29, 1.82) is 0 Å². The SMILES string of the molecule is N[C@H](c1cn2nc(C[C@@H]3C[C@@H](C(F)(F)F)CNC3=O)ccc2n1)C1CC2(CC2)C1. The van der Waals surface area contributed by atoms with Crippen molar-refractivity contribution in [1.82, 2.24) is 19.9 Å². The molecule has 3 aliphatic rings. The third-order valence-electron chi connectivity index (χ3n) is 6.97. The highest BCUT2D eigenvalue weighted by atomic mass is 19.4. The Morgan fingerprint density at radius 2 is 2.07 bits per heavy atom. The molecular formula is C20H24F3N5O. The second kappa shape index (κ2) is 6.42. The Morgan fingerprint density at radius 1 is 1.31 bits per heavy atom. The van der Waals surface area contributed by atoms with E-state index >= 15 is 0 Å². The molecule has 2 aromatic heterocycles. The van der Waals surface area contributed by atoms with Crippen molar-refractivity contribution in [2.45, 2.75) is 50.7 Å². The number of carbonyl (C=O) groups is 1. The monoisotopic (exact) mass is 407 g/mol. The topological polar surface area (TPSA) is 85.3 Å². The van der Waals surface area contributed by atoms with Gasteiger partial charge < -0.3 is 11.1 Å². The fourth-order valence-electron chi connectivity index (χ4n) is 4.92. The summed E-state index contributed by atoms with van der Waals surface area (Å²) >= 11 is 0. The number of halogens is 3. The number of nitrogens with one attached hydrogen (secondary N) is 1. The quantitative estimate of drug-likeness (QED) is 0.816. The number of fused-ring (bicyclic) bond motifs is 1. The minimum atomic E-state index is -4.31. The molecule has 0 bridgehead atoms. The number of rotatable bonds is 4. The molecular weight excluding hydrogens is 383 g/mol. The Kier molecular flexibility index (Phi) is 4.17. The van der Waals surface area contributed by atoms with Crippen molar-refractivity contribution in [3.63, 3.8) is 0 Å². The van der Waals surface area contributed by atoms with Crippen LogP contribution in [0.15, 0.2) is 18.3 Å². The molecule has 9 heteroatoms. The van der Waals surface area contributed by atoms with Crippen molar-refractivity contribution in [2.75, 3.05) is 6.54 Å². The van der Waals surface area contributed by atoms with Crippen LogP contribution < -0.4 is 11.1 Å². The second-order valence-electron chi connectivity index (χ2n) is 9.11. The van der Waals surface area contributed by atoms with E-state index in [9.17, 15) is 18.0 Å². The highest BCUT2D eigenvalue weighted by Gasteiger charge is 2.54. The zero-order valence-corrected chi connectivity index (χ0v) is 16.0. The Balaban J connectivity index is 1.30. The molecule has 1 spiro atoms. The van der Waals surface area contributed by atoms with Gasteiger partial charge in [0, 0.05) is 18.9 Å². The molecule has 3 atom stereocenters. The highest BCUT2D eigenvalue weighted by molar-refractivity contribution is 5.79. The number of hydrogen-bond acceptors (Lipinski definition) is 4. The molecule has 29 heavy (non-hydrogen) atoms. The van der Waals surface area contributed by atoms with Gasteiger partial charge in [-0.15, -0.1) is 0 Å². The lowest BCUT2D eigenvalue weighted by atomic mass is 9.68. The van der Waals surface area contributed by atoms with Gasteiger partial charge >= 0.3 is 6.18 Å². The molecule has 0 unspecified atom stereocenters. The van der Waals surface area contributed by atoms with Crippen molar-refractivity contribution >= 4 is 11.6 Å². The van der Waals surface area contributed by atoms with Gasteiger partial charge in [0.25, 0.3) is 0 Å². The van der Waals surface area contributed by atoms with Gasteiger partial charge in [0.15, 0.2) is 5.65 Å². The van der Waals surface area contributed by atoms with E-state index in [2.05, 4.69) is 15.4 Å². The first-order valence-electron chi connectivity index (χ1n) is 10.2. The number of piperidine rings is 1. The Hall–Kier alpha value is -2.16. The van der Waals surface area contributed by atoms with Crippen LogP contribution in [0.2, 0.25) is 0 Å². The molecule has 3 fully saturated rings. The fourth-order valence-corrected chi connectivity index (χ4v) is 4.92. The largest absolute Gasteiger partial charge is 0.393 e. The number of carbonyl (C=O) groups excluding carboxylic acids is 1. The van der Waals surface area contributed by atoms with E-state index < -0.39 is 18.0 Å². The molecule has 0 radical (unpaired) electrons. The minimum Gasteiger partial charge on any atom is -0.355 e. The molecule has 2 saturated carbocycles. The van der Waals surface area contributed by atoms with Crippen LogP contribution in [-0.4, -0.2) is 33.2 Å². The first-order valence-corrected chi connectivity index (χ1v) is 10.2. The van der Waals surface area contributed by atoms with Crippen molar-refractivity contribution < 1.29 is 18.0 Å². The zero-order chi connectivity index (χ0) is 20.4. The molecule has 1 saturated heterocycles. The molecule has 6 nitrogen and oxygen atoms in total. The summed E-state index contributed by atoms with van der Waals surface area (Å²) in [5.41, 5.74) is 9.00. The second-order valence-corrected chi connectivity index (χ2v) is 9.11. The normalized spacial score (nSPS) is 27.7. The van der Waals surface area contributed by atoms with E-state index in [1.807, 2.05) is 0 Å². The van der Waals surface area contributed by atoms with Gasteiger partial charge in [0.1, 0.15) is 0 Å². The molecule has 2 aliphatic carbocycles. The van der Waals surface area contributed by atoms with Crippen molar-refractivity contribution in [2.24, 2.45) is 28.9 Å². The van der Waals surface area contributed by atoms with Crippen molar-refractivity contribution in [3.05, 3.63) is 29.7 Å². The number of nitrogens with two attached hydrogens (primary N) is 1. The van der Waals surface area contributed by atoms with E-state index in [1.165, 1.54) is 12.8 Å². The lowest BCUT2D eigenvalue weighted by Gasteiger charge is -2.39. The summed E-state index contributed by atoms with van der Waals surface area (Å²) < 4.78 is 40.7. The molecule has 5 rings (SSSR count). The van der Waals surface area contributed by atoms with Crippen LogP contribution in [0, 0.1) is 23.2 Å². The summed E-state index contributed by atoms with van der Waals surface area (Å²) in [6.07, 6.45) is 2.42. The van der Waals surface area contributed by atoms with E-state index in [1.54, 1.807) is 22.8 Å². The van der Waals surface area contributed by atoms with Gasteiger partial charge in [-0.3, -0.25) is 4.79 Å². The first kappa shape index (κ1) is 18.8. The Morgan fingerprint density at radius 3 is 2.76 bits per heavy atom. The van der Waals surface area contributed by atoms with Crippen molar-refractivity contribution in [3.8, 4) is 0 Å². The highest BCUT2D eigenvalue weighted by Crippen LogP contribution is 2.65. The van der Waals surface area contributed by atoms with Crippen LogP contribution in [-0.2, 0) is 11.2 Å². The van der Waals surface area contributed by atoms with E-state index in [4.69, 9.17) is 5.73 Å². The van der Waals surface area contributed by atoms with Gasteiger partial charge in [-0.2, -0.15) is 18.3 Å². The predicted octanol–water partition coefficient (Wildman–Crippen LogP) is 2.78. The molecule has 1 amide bonds. The summed E-state index contributed by atoms with van der Waals surface area (Å²) in [5.74, 6) is -2.15. The molecule has 3 heterocycles. The standard InChI is InChI=1S/C20H24F3N5O/c21-20(22,23)13-5-11(18(29)25-9-13)6-14-1-2-16-26-15(10-28(16)27-14)17(24)12-7-19(8-12)3-4-19/h1-2,10-13,17H,3-9,24H2,(H,25,29)/t11-,13+,17-/m0/s1. The summed E-state index contributed by atoms with van der Waals surface area (Å²) in [7, 11) is 0. The maximum Gasteiger partial charge on any atom is 0.393 e. The lowest BCUT2D eigenvalue weighted by molar-refractivity contribution is -0.183. The first-order chi connectivity index (χ1) is 13.7. The van der Waals surface area contributed by atoms with Crippen LogP contribution in [0.1, 0.15) is 49.5 Å². The average Bonchev–Trinajstić information content (AvgIpc) is 3.33. The molecule has 0 aromatic carbocycles. The third-order valence-corrected chi connectivity index (χ3v) is 6.97. The number of aromatic nitrogens is 3. The zero-order valence-electron chi connectivity index (χ0n) is 16.0. The van der Waals surface area contributed by atoms with Crippen LogP contribution >= 0.6 is 0 Å². The number of alkyl halides is 3. The minimum absolute atomic E-state index is 0.122. The van der Waals surface area contributed by atoms with Crippen LogP contribution in [0.25, 0.3) is 5.65 Å². The molecule has 2 aromatic rings. The smallest absolute Gasteiger partial charge is 0.355 e. The lowest BCUT2D eigenvalue weighted by Crippen LogP contribution is -2.47. The number of nitrogens with zero attached hydrogens (tertiary/aromatic N) is 3. The van der Waals surface area contributed by atoms with Gasteiger partial charge in [0.2, 0.25) is 5.91 Å². The van der Waals surface area contributed by atoms with Gasteiger partial charge in [-0.05, 0) is 55.6 Å². The van der Waals surface area contributed by atoms with E-state index in [-0.39, 0.29) is 31.3 Å². The maximum absolute atomic E-state index is 13.0. The average molecular weight is 407 g/mol. The predicted molar refractivity (Wildman–Crippen MR) is 98.7 cm³/mol. The van der Waals surface area contributed by atoms with Crippen LogP contribution in [0.4, 0.5) is 13.2 Å². The maximum atomic E-state index is 13.0.